The standard InChI is InChI=1S/C20H28N2O/c23-20(22(14-15-9-10-15)17-11-12-21-13-17)19-8-4-3-7-18(19)16-5-1-2-6-16/h3-4,7-8,15-17,21H,1-2,5-6,9-14H2/t17-/m0/s1. The Kier molecular flexibility index (Phi) is 4.39. The number of carbonyl (C=O) groups excluding carboxylic acids is 1. The van der Waals surface area contributed by atoms with Crippen LogP contribution in [0.2, 0.25) is 0 Å². The molecule has 2 saturated carbocycles. The van der Waals surface area contributed by atoms with Gasteiger partial charge >= 0.3 is 0 Å². The molecule has 1 heterocycles. The maximum absolute atomic E-state index is 13.4. The van der Waals surface area contributed by atoms with Crippen molar-refractivity contribution >= 4 is 5.91 Å². The van der Waals surface area contributed by atoms with E-state index in [4.69, 9.17) is 0 Å². The molecule has 0 aromatic heterocycles. The molecule has 1 amide bonds. The van der Waals surface area contributed by atoms with E-state index in [2.05, 4.69) is 28.4 Å². The first-order chi connectivity index (χ1) is 11.3. The molecule has 1 N–H and O–H groups in total. The lowest BCUT2D eigenvalue weighted by molar-refractivity contribution is 0.0680. The van der Waals surface area contributed by atoms with Gasteiger partial charge in [-0.15, -0.1) is 0 Å². The zero-order valence-corrected chi connectivity index (χ0v) is 14.0. The lowest BCUT2D eigenvalue weighted by atomic mass is 9.92. The van der Waals surface area contributed by atoms with E-state index in [0.717, 1.165) is 37.5 Å². The summed E-state index contributed by atoms with van der Waals surface area (Å²) in [5.41, 5.74) is 2.29. The van der Waals surface area contributed by atoms with Gasteiger partial charge in [0.25, 0.3) is 5.91 Å². The van der Waals surface area contributed by atoms with E-state index in [1.54, 1.807) is 0 Å². The molecule has 124 valence electrons. The number of carbonyl (C=O) groups is 1. The minimum atomic E-state index is 0.285. The predicted octanol–water partition coefficient (Wildman–Crippen LogP) is 3.56. The fraction of sp³-hybridized carbons (Fsp3) is 0.650. The summed E-state index contributed by atoms with van der Waals surface area (Å²) in [6, 6.07) is 8.80. The monoisotopic (exact) mass is 312 g/mol. The van der Waals surface area contributed by atoms with Gasteiger partial charge in [-0.25, -0.2) is 0 Å². The van der Waals surface area contributed by atoms with E-state index < -0.39 is 0 Å². The highest BCUT2D eigenvalue weighted by Gasteiger charge is 2.34. The molecular weight excluding hydrogens is 284 g/mol. The number of hydrogen-bond acceptors (Lipinski definition) is 2. The van der Waals surface area contributed by atoms with Gasteiger partial charge in [0.15, 0.2) is 0 Å². The van der Waals surface area contributed by atoms with E-state index in [-0.39, 0.29) is 5.91 Å². The van der Waals surface area contributed by atoms with Gasteiger partial charge in [0, 0.05) is 24.7 Å². The summed E-state index contributed by atoms with van der Waals surface area (Å²) in [7, 11) is 0. The molecule has 0 spiro atoms. The molecule has 3 heteroatoms. The third-order valence-corrected chi connectivity index (χ3v) is 5.87. The summed E-state index contributed by atoms with van der Waals surface area (Å²) in [6.45, 7) is 2.97. The van der Waals surface area contributed by atoms with Crippen LogP contribution in [0.4, 0.5) is 0 Å². The Balaban J connectivity index is 1.60. The van der Waals surface area contributed by atoms with Crippen molar-refractivity contribution in [1.82, 2.24) is 10.2 Å². The third-order valence-electron chi connectivity index (χ3n) is 5.87. The summed E-state index contributed by atoms with van der Waals surface area (Å²) in [4.78, 5) is 15.6. The molecule has 1 aromatic carbocycles. The minimum absolute atomic E-state index is 0.285. The molecule has 2 aliphatic carbocycles. The number of nitrogens with one attached hydrogen (secondary N) is 1. The molecule has 3 fully saturated rings. The van der Waals surface area contributed by atoms with Gasteiger partial charge in [0.05, 0.1) is 0 Å². The van der Waals surface area contributed by atoms with Crippen LogP contribution in [0.3, 0.4) is 0 Å². The van der Waals surface area contributed by atoms with Crippen molar-refractivity contribution in [3.63, 3.8) is 0 Å². The van der Waals surface area contributed by atoms with Crippen molar-refractivity contribution in [1.29, 1.82) is 0 Å². The second-order valence-electron chi connectivity index (χ2n) is 7.62. The van der Waals surface area contributed by atoms with Crippen molar-refractivity contribution in [2.45, 2.75) is 56.9 Å². The van der Waals surface area contributed by atoms with Gasteiger partial charge in [-0.1, -0.05) is 31.0 Å². The molecule has 1 aliphatic heterocycles. The van der Waals surface area contributed by atoms with Crippen molar-refractivity contribution < 1.29 is 4.79 Å². The molecule has 0 radical (unpaired) electrons. The van der Waals surface area contributed by atoms with Gasteiger partial charge in [-0.05, 0) is 62.1 Å². The van der Waals surface area contributed by atoms with Gasteiger partial charge in [0.2, 0.25) is 0 Å². The Hall–Kier alpha value is -1.35. The first-order valence-electron chi connectivity index (χ1n) is 9.43. The Bertz CT molecular complexity index is 555. The summed E-state index contributed by atoms with van der Waals surface area (Å²) >= 11 is 0. The summed E-state index contributed by atoms with van der Waals surface area (Å²) in [6.07, 6.45) is 8.82. The van der Waals surface area contributed by atoms with Crippen LogP contribution < -0.4 is 5.32 Å². The molecule has 1 atom stereocenters. The first-order valence-corrected chi connectivity index (χ1v) is 9.43. The third kappa shape index (κ3) is 3.30. The highest BCUT2D eigenvalue weighted by Crippen LogP contribution is 2.37. The number of rotatable bonds is 5. The number of hydrogen-bond donors (Lipinski definition) is 1. The maximum Gasteiger partial charge on any atom is 0.254 e. The summed E-state index contributed by atoms with van der Waals surface area (Å²) in [5, 5.41) is 3.43. The quantitative estimate of drug-likeness (QED) is 0.901. The van der Waals surface area contributed by atoms with Crippen LogP contribution in [0.1, 0.15) is 66.8 Å². The second-order valence-corrected chi connectivity index (χ2v) is 7.62. The van der Waals surface area contributed by atoms with Crippen LogP contribution in [0.5, 0.6) is 0 Å². The number of nitrogens with zero attached hydrogens (tertiary/aromatic N) is 1. The molecular formula is C20H28N2O. The van der Waals surface area contributed by atoms with E-state index >= 15 is 0 Å². The fourth-order valence-corrected chi connectivity index (χ4v) is 4.32. The Labute approximate surface area is 139 Å². The summed E-state index contributed by atoms with van der Waals surface area (Å²) < 4.78 is 0. The second kappa shape index (κ2) is 6.64. The van der Waals surface area contributed by atoms with Crippen LogP contribution in [0, 0.1) is 5.92 Å². The minimum Gasteiger partial charge on any atom is -0.334 e. The van der Waals surface area contributed by atoms with E-state index in [1.807, 2.05) is 6.07 Å². The highest BCUT2D eigenvalue weighted by molar-refractivity contribution is 5.96. The molecule has 23 heavy (non-hydrogen) atoms. The predicted molar refractivity (Wildman–Crippen MR) is 92.7 cm³/mol. The Morgan fingerprint density at radius 1 is 1.09 bits per heavy atom. The van der Waals surface area contributed by atoms with Crippen LogP contribution >= 0.6 is 0 Å². The van der Waals surface area contributed by atoms with Crippen LogP contribution in [-0.2, 0) is 0 Å². The zero-order chi connectivity index (χ0) is 15.6. The fourth-order valence-electron chi connectivity index (χ4n) is 4.32. The topological polar surface area (TPSA) is 32.3 Å². The largest absolute Gasteiger partial charge is 0.334 e. The normalized spacial score (nSPS) is 25.0. The van der Waals surface area contributed by atoms with Gasteiger partial charge < -0.3 is 10.2 Å². The maximum atomic E-state index is 13.4. The van der Waals surface area contributed by atoms with Crippen molar-refractivity contribution in [3.8, 4) is 0 Å². The van der Waals surface area contributed by atoms with Crippen molar-refractivity contribution in [3.05, 3.63) is 35.4 Å². The zero-order valence-electron chi connectivity index (χ0n) is 14.0. The van der Waals surface area contributed by atoms with Crippen LogP contribution in [0.25, 0.3) is 0 Å². The van der Waals surface area contributed by atoms with Crippen LogP contribution in [0.15, 0.2) is 24.3 Å². The average molecular weight is 312 g/mol. The molecule has 1 aromatic rings. The Morgan fingerprint density at radius 3 is 2.57 bits per heavy atom. The molecule has 0 unspecified atom stereocenters. The molecule has 4 rings (SSSR count). The Morgan fingerprint density at radius 2 is 1.87 bits per heavy atom. The SMILES string of the molecule is O=C(c1ccccc1C1CCCC1)N(CC1CC1)[C@H]1CCNC1. The number of amides is 1. The summed E-state index contributed by atoms with van der Waals surface area (Å²) in [5.74, 6) is 1.63. The van der Waals surface area contributed by atoms with E-state index in [0.29, 0.717) is 12.0 Å². The molecule has 1 saturated heterocycles. The number of benzene rings is 1. The lowest BCUT2D eigenvalue weighted by Crippen LogP contribution is -2.43. The lowest BCUT2D eigenvalue weighted by Gasteiger charge is -2.30. The molecule has 0 bridgehead atoms. The average Bonchev–Trinajstić information content (AvgIpc) is 3.07. The van der Waals surface area contributed by atoms with E-state index in [9.17, 15) is 4.79 Å². The molecule has 3 aliphatic rings. The van der Waals surface area contributed by atoms with Crippen molar-refractivity contribution in [2.24, 2.45) is 5.92 Å². The molecule has 3 nitrogen and oxygen atoms in total. The van der Waals surface area contributed by atoms with Gasteiger partial charge in [-0.2, -0.15) is 0 Å². The first kappa shape index (κ1) is 15.2. The van der Waals surface area contributed by atoms with Gasteiger partial charge in [0.1, 0.15) is 0 Å². The van der Waals surface area contributed by atoms with E-state index in [1.165, 1.54) is 44.1 Å². The smallest absolute Gasteiger partial charge is 0.254 e. The van der Waals surface area contributed by atoms with Gasteiger partial charge in [-0.3, -0.25) is 4.79 Å². The van der Waals surface area contributed by atoms with Crippen LogP contribution in [-0.4, -0.2) is 36.5 Å². The van der Waals surface area contributed by atoms with Crippen molar-refractivity contribution in [2.75, 3.05) is 19.6 Å². The highest BCUT2D eigenvalue weighted by atomic mass is 16.2.